The van der Waals surface area contributed by atoms with Crippen LogP contribution in [0, 0.1) is 0 Å². The Morgan fingerprint density at radius 3 is 2.75 bits per heavy atom. The van der Waals surface area contributed by atoms with Crippen LogP contribution in [0.1, 0.15) is 30.9 Å². The fourth-order valence-electron chi connectivity index (χ4n) is 3.09. The molecule has 0 aromatic heterocycles. The van der Waals surface area contributed by atoms with Gasteiger partial charge in [-0.15, -0.1) is 0 Å². The zero-order valence-corrected chi connectivity index (χ0v) is 12.4. The number of ether oxygens (including phenoxy) is 2. The van der Waals surface area contributed by atoms with E-state index in [-0.39, 0.29) is 0 Å². The molecule has 2 fully saturated rings. The molecule has 2 aliphatic rings. The molecule has 2 aliphatic heterocycles. The molecule has 0 radical (unpaired) electrons. The summed E-state index contributed by atoms with van der Waals surface area (Å²) >= 11 is 0. The molecular weight excluding hydrogens is 252 g/mol. The van der Waals surface area contributed by atoms with Crippen molar-refractivity contribution in [1.82, 2.24) is 10.2 Å². The van der Waals surface area contributed by atoms with Gasteiger partial charge in [-0.25, -0.2) is 0 Å². The maximum atomic E-state index is 6.22. The van der Waals surface area contributed by atoms with Crippen LogP contribution in [0.2, 0.25) is 0 Å². The van der Waals surface area contributed by atoms with Crippen LogP contribution in [0.15, 0.2) is 18.2 Å². The highest BCUT2D eigenvalue weighted by Crippen LogP contribution is 2.38. The highest BCUT2D eigenvalue weighted by molar-refractivity contribution is 5.48. The van der Waals surface area contributed by atoms with Crippen LogP contribution in [0.5, 0.6) is 11.5 Å². The second-order valence-electron chi connectivity index (χ2n) is 5.84. The lowest BCUT2D eigenvalue weighted by Crippen LogP contribution is -2.51. The molecule has 0 saturated carbocycles. The van der Waals surface area contributed by atoms with Crippen LogP contribution in [-0.4, -0.2) is 44.8 Å². The van der Waals surface area contributed by atoms with Gasteiger partial charge in [0.1, 0.15) is 6.10 Å². The highest BCUT2D eigenvalue weighted by atomic mass is 16.5. The minimum atomic E-state index is 0.290. The van der Waals surface area contributed by atoms with Gasteiger partial charge in [-0.3, -0.25) is 4.90 Å². The second-order valence-corrected chi connectivity index (χ2v) is 5.84. The van der Waals surface area contributed by atoms with E-state index in [1.807, 2.05) is 6.07 Å². The zero-order chi connectivity index (χ0) is 13.9. The maximum absolute atomic E-state index is 6.22. The van der Waals surface area contributed by atoms with E-state index < -0.39 is 0 Å². The molecule has 2 heterocycles. The van der Waals surface area contributed by atoms with Crippen molar-refractivity contribution in [2.75, 3.05) is 33.8 Å². The van der Waals surface area contributed by atoms with Crippen molar-refractivity contribution in [3.63, 3.8) is 0 Å². The number of nitrogens with zero attached hydrogens (tertiary/aromatic N) is 1. The van der Waals surface area contributed by atoms with Gasteiger partial charge in [0, 0.05) is 24.7 Å². The fourth-order valence-corrected chi connectivity index (χ4v) is 3.09. The van der Waals surface area contributed by atoms with Crippen LogP contribution in [-0.2, 0) is 0 Å². The molecule has 1 aromatic rings. The number of hydrogen-bond donors (Lipinski definition) is 1. The summed E-state index contributed by atoms with van der Waals surface area (Å²) in [5.41, 5.74) is 1.25. The first-order valence-corrected chi connectivity index (χ1v) is 7.53. The van der Waals surface area contributed by atoms with Crippen LogP contribution >= 0.6 is 0 Å². The summed E-state index contributed by atoms with van der Waals surface area (Å²) in [5.74, 6) is 1.79. The maximum Gasteiger partial charge on any atom is 0.166 e. The molecule has 4 heteroatoms. The minimum absolute atomic E-state index is 0.290. The standard InChI is InChI=1S/C16H24N2O2/c1-18-10-12(11-18)20-16-13(6-5-8-15(16)19-2)14-7-3-4-9-17-14/h5-6,8,12,14,17H,3-4,7,9-11H2,1-2H3. The van der Waals surface area contributed by atoms with Gasteiger partial charge in [-0.2, -0.15) is 0 Å². The molecule has 3 rings (SSSR count). The van der Waals surface area contributed by atoms with E-state index in [4.69, 9.17) is 9.47 Å². The smallest absolute Gasteiger partial charge is 0.166 e. The summed E-state index contributed by atoms with van der Waals surface area (Å²) < 4.78 is 11.7. The average Bonchev–Trinajstić information content (AvgIpc) is 2.46. The van der Waals surface area contributed by atoms with Gasteiger partial charge >= 0.3 is 0 Å². The van der Waals surface area contributed by atoms with E-state index >= 15 is 0 Å². The van der Waals surface area contributed by atoms with Crippen LogP contribution in [0.25, 0.3) is 0 Å². The first-order valence-electron chi connectivity index (χ1n) is 7.53. The SMILES string of the molecule is COc1cccc(C2CCCCN2)c1OC1CN(C)C1. The van der Waals surface area contributed by atoms with E-state index in [9.17, 15) is 0 Å². The van der Waals surface area contributed by atoms with Crippen molar-refractivity contribution in [3.8, 4) is 11.5 Å². The first kappa shape index (κ1) is 13.7. The molecule has 1 unspecified atom stereocenters. The van der Waals surface area contributed by atoms with Crippen LogP contribution in [0.4, 0.5) is 0 Å². The van der Waals surface area contributed by atoms with Crippen LogP contribution < -0.4 is 14.8 Å². The molecule has 20 heavy (non-hydrogen) atoms. The molecule has 1 aromatic carbocycles. The lowest BCUT2D eigenvalue weighted by Gasteiger charge is -2.37. The number of likely N-dealkylation sites (tertiary alicyclic amines) is 1. The summed E-state index contributed by atoms with van der Waals surface area (Å²) in [5, 5.41) is 3.60. The quantitative estimate of drug-likeness (QED) is 0.914. The van der Waals surface area contributed by atoms with Crippen molar-refractivity contribution in [2.45, 2.75) is 31.4 Å². The Hall–Kier alpha value is -1.26. The zero-order valence-electron chi connectivity index (χ0n) is 12.4. The molecule has 0 aliphatic carbocycles. The van der Waals surface area contributed by atoms with Crippen molar-refractivity contribution >= 4 is 0 Å². The summed E-state index contributed by atoms with van der Waals surface area (Å²) in [6.07, 6.45) is 4.01. The summed E-state index contributed by atoms with van der Waals surface area (Å²) in [4.78, 5) is 2.26. The highest BCUT2D eigenvalue weighted by Gasteiger charge is 2.28. The minimum Gasteiger partial charge on any atom is -0.493 e. The van der Waals surface area contributed by atoms with Gasteiger partial charge in [-0.05, 0) is 32.5 Å². The Balaban J connectivity index is 1.83. The average molecular weight is 276 g/mol. The first-order chi connectivity index (χ1) is 9.78. The summed E-state index contributed by atoms with van der Waals surface area (Å²) in [7, 11) is 3.83. The van der Waals surface area contributed by atoms with Gasteiger partial charge in [0.25, 0.3) is 0 Å². The van der Waals surface area contributed by atoms with E-state index in [0.29, 0.717) is 12.1 Å². The molecular formula is C16H24N2O2. The molecule has 1 N–H and O–H groups in total. The number of piperidine rings is 1. The van der Waals surface area contributed by atoms with Crippen molar-refractivity contribution in [1.29, 1.82) is 0 Å². The summed E-state index contributed by atoms with van der Waals surface area (Å²) in [6, 6.07) is 6.61. The Kier molecular flexibility index (Phi) is 4.13. The number of rotatable bonds is 4. The molecule has 2 saturated heterocycles. The Bertz CT molecular complexity index is 452. The Morgan fingerprint density at radius 2 is 2.10 bits per heavy atom. The number of para-hydroxylation sites is 1. The van der Waals surface area contributed by atoms with E-state index in [1.54, 1.807) is 7.11 Å². The van der Waals surface area contributed by atoms with Gasteiger partial charge in [-0.1, -0.05) is 18.6 Å². The number of methoxy groups -OCH3 is 1. The van der Waals surface area contributed by atoms with Crippen molar-refractivity contribution in [3.05, 3.63) is 23.8 Å². The predicted octanol–water partition coefficient (Wildman–Crippen LogP) is 2.20. The van der Waals surface area contributed by atoms with Gasteiger partial charge < -0.3 is 14.8 Å². The van der Waals surface area contributed by atoms with Gasteiger partial charge in [0.15, 0.2) is 11.5 Å². The normalized spacial score (nSPS) is 24.2. The number of hydrogen-bond acceptors (Lipinski definition) is 4. The molecule has 1 atom stereocenters. The largest absolute Gasteiger partial charge is 0.493 e. The predicted molar refractivity (Wildman–Crippen MR) is 79.5 cm³/mol. The molecule has 0 spiro atoms. The van der Waals surface area contributed by atoms with E-state index in [1.165, 1.54) is 24.8 Å². The van der Waals surface area contributed by atoms with Crippen LogP contribution in [0.3, 0.4) is 0 Å². The number of benzene rings is 1. The topological polar surface area (TPSA) is 33.7 Å². The third-order valence-electron chi connectivity index (χ3n) is 4.23. The molecule has 110 valence electrons. The molecule has 0 bridgehead atoms. The monoisotopic (exact) mass is 276 g/mol. The Labute approximate surface area is 121 Å². The summed E-state index contributed by atoms with van der Waals surface area (Å²) in [6.45, 7) is 3.08. The van der Waals surface area contributed by atoms with Crippen molar-refractivity contribution < 1.29 is 9.47 Å². The number of nitrogens with one attached hydrogen (secondary N) is 1. The van der Waals surface area contributed by atoms with E-state index in [2.05, 4.69) is 29.4 Å². The third-order valence-corrected chi connectivity index (χ3v) is 4.23. The van der Waals surface area contributed by atoms with Crippen molar-refractivity contribution in [2.24, 2.45) is 0 Å². The molecule has 4 nitrogen and oxygen atoms in total. The van der Waals surface area contributed by atoms with Gasteiger partial charge in [0.2, 0.25) is 0 Å². The lowest BCUT2D eigenvalue weighted by molar-refractivity contribution is 0.0357. The Morgan fingerprint density at radius 1 is 1.25 bits per heavy atom. The lowest BCUT2D eigenvalue weighted by atomic mass is 9.96. The fraction of sp³-hybridized carbons (Fsp3) is 0.625. The van der Waals surface area contributed by atoms with E-state index in [0.717, 1.165) is 31.1 Å². The van der Waals surface area contributed by atoms with Gasteiger partial charge in [0.05, 0.1) is 7.11 Å². The second kappa shape index (κ2) is 6.02. The molecule has 0 amide bonds. The number of likely N-dealkylation sites (N-methyl/N-ethyl adjacent to an activating group) is 1. The third kappa shape index (κ3) is 2.76.